The molecule has 140 valence electrons. The summed E-state index contributed by atoms with van der Waals surface area (Å²) in [5, 5.41) is 0. The molecule has 1 heterocycles. The molecule has 1 aliphatic heterocycles. The van der Waals surface area contributed by atoms with Gasteiger partial charge in [-0.1, -0.05) is 31.2 Å². The van der Waals surface area contributed by atoms with Gasteiger partial charge in [-0.15, -0.1) is 0 Å². The van der Waals surface area contributed by atoms with Crippen LogP contribution in [-0.4, -0.2) is 44.0 Å². The standard InChI is InChI=1S/C21H21NO5/c1-20-9-11-6-4-5-7-12(11)15(20)16-17(23)13(25-2)8-14(20)21(16)18(19(24)26-3)22-10-27-21/h4-8,10,14-16,18H,9H2,1-3H3/t14-,15-,16-,18-,20+,21+/m0/s1. The topological polar surface area (TPSA) is 74.2 Å². The van der Waals surface area contributed by atoms with Crippen LogP contribution in [0.4, 0.5) is 0 Å². The van der Waals surface area contributed by atoms with Crippen molar-refractivity contribution in [3.05, 3.63) is 47.2 Å². The monoisotopic (exact) mass is 367 g/mol. The van der Waals surface area contributed by atoms with Crippen molar-refractivity contribution in [3.8, 4) is 0 Å². The highest BCUT2D eigenvalue weighted by Gasteiger charge is 2.77. The molecule has 0 saturated heterocycles. The van der Waals surface area contributed by atoms with Crippen molar-refractivity contribution in [2.75, 3.05) is 14.2 Å². The van der Waals surface area contributed by atoms with Gasteiger partial charge in [0.2, 0.25) is 5.78 Å². The van der Waals surface area contributed by atoms with Gasteiger partial charge >= 0.3 is 5.97 Å². The number of fused-ring (bicyclic) bond motifs is 5. The average molecular weight is 367 g/mol. The first-order valence-corrected chi connectivity index (χ1v) is 9.14. The summed E-state index contributed by atoms with van der Waals surface area (Å²) < 4.78 is 16.5. The van der Waals surface area contributed by atoms with Gasteiger partial charge in [0.05, 0.1) is 20.1 Å². The largest absolute Gasteiger partial charge is 0.493 e. The molecule has 0 amide bonds. The molecule has 27 heavy (non-hydrogen) atoms. The number of carbonyl (C=O) groups excluding carboxylic acids is 2. The first-order chi connectivity index (χ1) is 13.0. The van der Waals surface area contributed by atoms with E-state index in [1.54, 1.807) is 0 Å². The minimum absolute atomic E-state index is 0.0658. The van der Waals surface area contributed by atoms with Gasteiger partial charge in [0.25, 0.3) is 0 Å². The van der Waals surface area contributed by atoms with Crippen LogP contribution in [0.25, 0.3) is 0 Å². The van der Waals surface area contributed by atoms with Gasteiger partial charge in [-0.05, 0) is 29.0 Å². The highest BCUT2D eigenvalue weighted by atomic mass is 16.5. The van der Waals surface area contributed by atoms with Gasteiger partial charge < -0.3 is 14.2 Å². The predicted octanol–water partition coefficient (Wildman–Crippen LogP) is 2.03. The summed E-state index contributed by atoms with van der Waals surface area (Å²) in [6.07, 6.45) is 3.99. The minimum atomic E-state index is -1.06. The number of nitrogens with zero attached hydrogens (tertiary/aromatic N) is 1. The maximum absolute atomic E-state index is 13.4. The van der Waals surface area contributed by atoms with Crippen LogP contribution < -0.4 is 0 Å². The Morgan fingerprint density at radius 3 is 2.78 bits per heavy atom. The summed E-state index contributed by atoms with van der Waals surface area (Å²) in [5.74, 6) is -1.07. The number of rotatable bonds is 2. The maximum atomic E-state index is 13.4. The molecule has 5 rings (SSSR count). The molecule has 0 aromatic heterocycles. The van der Waals surface area contributed by atoms with Crippen molar-refractivity contribution < 1.29 is 23.8 Å². The summed E-state index contributed by atoms with van der Waals surface area (Å²) in [4.78, 5) is 30.3. The lowest BCUT2D eigenvalue weighted by Gasteiger charge is -2.42. The molecule has 0 unspecified atom stereocenters. The van der Waals surface area contributed by atoms with E-state index in [1.165, 1.54) is 26.2 Å². The van der Waals surface area contributed by atoms with Crippen LogP contribution in [-0.2, 0) is 30.2 Å². The second kappa shape index (κ2) is 5.21. The van der Waals surface area contributed by atoms with Crippen molar-refractivity contribution >= 4 is 18.2 Å². The van der Waals surface area contributed by atoms with Crippen LogP contribution in [0.3, 0.4) is 0 Å². The highest BCUT2D eigenvalue weighted by molar-refractivity contribution is 6.01. The zero-order chi connectivity index (χ0) is 19.0. The molecule has 3 aliphatic carbocycles. The number of ketones is 1. The summed E-state index contributed by atoms with van der Waals surface area (Å²) >= 11 is 0. The lowest BCUT2D eigenvalue weighted by molar-refractivity contribution is -0.152. The first-order valence-electron chi connectivity index (χ1n) is 9.14. The van der Waals surface area contributed by atoms with Crippen molar-refractivity contribution in [1.82, 2.24) is 0 Å². The Balaban J connectivity index is 1.76. The van der Waals surface area contributed by atoms with Gasteiger partial charge in [0.1, 0.15) is 0 Å². The number of allylic oxidation sites excluding steroid dienone is 1. The molecule has 2 bridgehead atoms. The van der Waals surface area contributed by atoms with E-state index in [9.17, 15) is 9.59 Å². The minimum Gasteiger partial charge on any atom is -0.493 e. The highest BCUT2D eigenvalue weighted by Crippen LogP contribution is 2.71. The smallest absolute Gasteiger partial charge is 0.334 e. The molecule has 6 atom stereocenters. The zero-order valence-electron chi connectivity index (χ0n) is 15.5. The molecule has 4 aliphatic rings. The van der Waals surface area contributed by atoms with Crippen molar-refractivity contribution in [2.24, 2.45) is 22.2 Å². The van der Waals surface area contributed by atoms with E-state index in [0.717, 1.165) is 12.0 Å². The third kappa shape index (κ3) is 1.74. The Hall–Kier alpha value is -2.63. The Labute approximate surface area is 157 Å². The van der Waals surface area contributed by atoms with Crippen LogP contribution in [0, 0.1) is 17.3 Å². The number of esters is 1. The Morgan fingerprint density at radius 1 is 1.26 bits per heavy atom. The van der Waals surface area contributed by atoms with Crippen LogP contribution in [0.15, 0.2) is 41.1 Å². The average Bonchev–Trinajstić information content (AvgIpc) is 3.26. The van der Waals surface area contributed by atoms with Crippen molar-refractivity contribution in [2.45, 2.75) is 30.9 Å². The third-order valence-corrected chi connectivity index (χ3v) is 7.07. The maximum Gasteiger partial charge on any atom is 0.334 e. The van der Waals surface area contributed by atoms with Crippen molar-refractivity contribution in [1.29, 1.82) is 0 Å². The van der Waals surface area contributed by atoms with Gasteiger partial charge in [-0.25, -0.2) is 9.79 Å². The van der Waals surface area contributed by atoms with Gasteiger partial charge in [0.15, 0.2) is 23.8 Å². The third-order valence-electron chi connectivity index (χ3n) is 7.07. The Bertz CT molecular complexity index is 921. The number of benzene rings is 1. The molecule has 6 nitrogen and oxygen atoms in total. The number of ether oxygens (including phenoxy) is 3. The molecule has 1 aromatic carbocycles. The number of carbonyl (C=O) groups is 2. The molecule has 0 N–H and O–H groups in total. The number of hydrogen-bond donors (Lipinski definition) is 0. The van der Waals surface area contributed by atoms with E-state index in [2.05, 4.69) is 24.0 Å². The molecular formula is C21H21NO5. The van der Waals surface area contributed by atoms with E-state index in [1.807, 2.05) is 18.2 Å². The van der Waals surface area contributed by atoms with Crippen LogP contribution in [0.5, 0.6) is 0 Å². The second-order valence-electron chi connectivity index (χ2n) is 8.07. The van der Waals surface area contributed by atoms with Gasteiger partial charge in [-0.3, -0.25) is 4.79 Å². The molecular weight excluding hydrogens is 346 g/mol. The van der Waals surface area contributed by atoms with E-state index >= 15 is 0 Å². The van der Waals surface area contributed by atoms with E-state index < -0.39 is 23.5 Å². The quantitative estimate of drug-likeness (QED) is 0.748. The molecule has 1 aromatic rings. The van der Waals surface area contributed by atoms with Crippen LogP contribution >= 0.6 is 0 Å². The molecule has 6 heteroatoms. The van der Waals surface area contributed by atoms with E-state index in [0.29, 0.717) is 5.76 Å². The van der Waals surface area contributed by atoms with Crippen molar-refractivity contribution in [3.63, 3.8) is 0 Å². The summed E-state index contributed by atoms with van der Waals surface area (Å²) in [7, 11) is 2.85. The predicted molar refractivity (Wildman–Crippen MR) is 96.2 cm³/mol. The summed E-state index contributed by atoms with van der Waals surface area (Å²) in [6.45, 7) is 2.18. The fourth-order valence-corrected chi connectivity index (χ4v) is 6.15. The van der Waals surface area contributed by atoms with E-state index in [-0.39, 0.29) is 23.0 Å². The Morgan fingerprint density at radius 2 is 2.04 bits per heavy atom. The van der Waals surface area contributed by atoms with Crippen LogP contribution in [0.2, 0.25) is 0 Å². The van der Waals surface area contributed by atoms with Gasteiger partial charge in [0, 0.05) is 11.8 Å². The van der Waals surface area contributed by atoms with Gasteiger partial charge in [-0.2, -0.15) is 0 Å². The van der Waals surface area contributed by atoms with E-state index in [4.69, 9.17) is 14.2 Å². The number of Topliss-reactive ketones (excluding diaryl/α,β-unsaturated/α-hetero) is 1. The molecule has 1 spiro atoms. The van der Waals surface area contributed by atoms with Crippen LogP contribution in [0.1, 0.15) is 24.0 Å². The number of methoxy groups -OCH3 is 2. The lowest BCUT2D eigenvalue weighted by Crippen LogP contribution is -2.58. The molecule has 0 radical (unpaired) electrons. The SMILES string of the molecule is COC(=O)[C@@H]1N=CO[C@]12[C@@H]1C(=O)C(OC)=C[C@H]2[C@@]2(C)Cc3ccccc3[C@@H]12. The fraction of sp³-hybridized carbons (Fsp3) is 0.476. The zero-order valence-corrected chi connectivity index (χ0v) is 15.5. The molecule has 1 fully saturated rings. The lowest BCUT2D eigenvalue weighted by atomic mass is 9.67. The Kier molecular flexibility index (Phi) is 3.19. The first kappa shape index (κ1) is 16.5. The molecule has 1 saturated carbocycles. The second-order valence-corrected chi connectivity index (χ2v) is 8.07. The summed E-state index contributed by atoms with van der Waals surface area (Å²) in [6, 6.07) is 7.38. The summed E-state index contributed by atoms with van der Waals surface area (Å²) in [5.41, 5.74) is 1.08. The normalized spacial score (nSPS) is 40.4. The number of aliphatic imine (C=N–C) groups is 1. The number of hydrogen-bond acceptors (Lipinski definition) is 6. The fourth-order valence-electron chi connectivity index (χ4n) is 6.15.